The maximum absolute atomic E-state index is 15.0. The van der Waals surface area contributed by atoms with E-state index in [4.69, 9.17) is 4.74 Å². The fourth-order valence-electron chi connectivity index (χ4n) is 4.78. The molecule has 3 aromatic rings. The Morgan fingerprint density at radius 3 is 2.14 bits per heavy atom. The molecule has 1 fully saturated rings. The summed E-state index contributed by atoms with van der Waals surface area (Å²) in [5.74, 6) is -5.27. The summed E-state index contributed by atoms with van der Waals surface area (Å²) in [7, 11) is 0. The zero-order valence-electron chi connectivity index (χ0n) is 20.2. The lowest BCUT2D eigenvalue weighted by molar-refractivity contribution is 0.0320. The van der Waals surface area contributed by atoms with Crippen molar-refractivity contribution < 1.29 is 26.7 Å². The molecular formula is C30H29F5O. The van der Waals surface area contributed by atoms with Gasteiger partial charge in [0.15, 0.2) is 23.3 Å². The maximum Gasteiger partial charge on any atom is 0.167 e. The van der Waals surface area contributed by atoms with Crippen molar-refractivity contribution in [3.05, 3.63) is 106 Å². The Balaban J connectivity index is 1.53. The molecule has 3 aromatic carbocycles. The number of rotatable bonds is 8. The molecule has 1 aliphatic rings. The summed E-state index contributed by atoms with van der Waals surface area (Å²) in [6.07, 6.45) is 4.73. The van der Waals surface area contributed by atoms with Crippen LogP contribution in [0.5, 0.6) is 0 Å². The Hall–Kier alpha value is -2.99. The molecule has 4 rings (SSSR count). The van der Waals surface area contributed by atoms with Gasteiger partial charge in [-0.1, -0.05) is 55.8 Å². The van der Waals surface area contributed by atoms with Crippen molar-refractivity contribution in [1.82, 2.24) is 0 Å². The Bertz CT molecular complexity index is 1240. The summed E-state index contributed by atoms with van der Waals surface area (Å²) in [5.41, 5.74) is 0.858. The highest BCUT2D eigenvalue weighted by Gasteiger charge is 2.27. The number of ether oxygens (including phenoxy) is 1. The summed E-state index contributed by atoms with van der Waals surface area (Å²) in [4.78, 5) is 0. The number of hydrogen-bond donors (Lipinski definition) is 0. The first-order valence-corrected chi connectivity index (χ1v) is 12.3. The molecule has 0 aromatic heterocycles. The summed E-state index contributed by atoms with van der Waals surface area (Å²) in [5, 5.41) is 0. The Morgan fingerprint density at radius 2 is 1.50 bits per heavy atom. The SMILES string of the molecule is C=CC1CCC(c2ccc(-c3ccc(CCc4ccc(CCC)c(F)c4)c(F)c3F)c(F)c2F)CO1. The van der Waals surface area contributed by atoms with Gasteiger partial charge in [-0.05, 0) is 60.4 Å². The molecule has 0 radical (unpaired) electrons. The molecule has 1 nitrogen and oxygen atoms in total. The summed E-state index contributed by atoms with van der Waals surface area (Å²) < 4.78 is 79.6. The van der Waals surface area contributed by atoms with Gasteiger partial charge in [0.1, 0.15) is 5.82 Å². The van der Waals surface area contributed by atoms with Gasteiger partial charge in [-0.2, -0.15) is 0 Å². The van der Waals surface area contributed by atoms with Crippen molar-refractivity contribution in [3.8, 4) is 11.1 Å². The third kappa shape index (κ3) is 5.39. The predicted octanol–water partition coefficient (Wildman–Crippen LogP) is 8.24. The largest absolute Gasteiger partial charge is 0.374 e. The second kappa shape index (κ2) is 11.4. The minimum absolute atomic E-state index is 0.0860. The fourth-order valence-corrected chi connectivity index (χ4v) is 4.78. The molecular weight excluding hydrogens is 471 g/mol. The number of aryl methyl sites for hydroxylation is 3. The van der Waals surface area contributed by atoms with Crippen LogP contribution in [-0.2, 0) is 24.0 Å². The van der Waals surface area contributed by atoms with Gasteiger partial charge in [0.2, 0.25) is 0 Å². The van der Waals surface area contributed by atoms with Gasteiger partial charge in [0.25, 0.3) is 0 Å². The van der Waals surface area contributed by atoms with Crippen LogP contribution < -0.4 is 0 Å². The average molecular weight is 501 g/mol. The Morgan fingerprint density at radius 1 is 0.806 bits per heavy atom. The molecule has 0 N–H and O–H groups in total. The van der Waals surface area contributed by atoms with E-state index >= 15 is 0 Å². The van der Waals surface area contributed by atoms with E-state index in [1.165, 1.54) is 30.3 Å². The lowest BCUT2D eigenvalue weighted by Crippen LogP contribution is -2.23. The number of hydrogen-bond acceptors (Lipinski definition) is 1. The van der Waals surface area contributed by atoms with Crippen LogP contribution in [0.1, 0.15) is 54.4 Å². The van der Waals surface area contributed by atoms with Crippen molar-refractivity contribution in [3.63, 3.8) is 0 Å². The van der Waals surface area contributed by atoms with E-state index in [-0.39, 0.29) is 53.1 Å². The van der Waals surface area contributed by atoms with E-state index in [0.717, 1.165) is 6.42 Å². The van der Waals surface area contributed by atoms with Crippen molar-refractivity contribution in [2.75, 3.05) is 6.61 Å². The van der Waals surface area contributed by atoms with Crippen LogP contribution in [0.3, 0.4) is 0 Å². The van der Waals surface area contributed by atoms with Gasteiger partial charge >= 0.3 is 0 Å². The molecule has 1 aliphatic heterocycles. The molecule has 0 spiro atoms. The molecule has 0 bridgehead atoms. The van der Waals surface area contributed by atoms with Crippen molar-refractivity contribution >= 4 is 0 Å². The first-order chi connectivity index (χ1) is 17.3. The highest BCUT2D eigenvalue weighted by atomic mass is 19.2. The lowest BCUT2D eigenvalue weighted by Gasteiger charge is -2.28. The molecule has 36 heavy (non-hydrogen) atoms. The van der Waals surface area contributed by atoms with Crippen LogP contribution in [0.2, 0.25) is 0 Å². The van der Waals surface area contributed by atoms with Crippen LogP contribution in [0.4, 0.5) is 22.0 Å². The van der Waals surface area contributed by atoms with E-state index in [2.05, 4.69) is 6.58 Å². The average Bonchev–Trinajstić information content (AvgIpc) is 2.88. The minimum atomic E-state index is -1.24. The molecule has 2 atom stereocenters. The third-order valence-electron chi connectivity index (χ3n) is 6.90. The minimum Gasteiger partial charge on any atom is -0.374 e. The highest BCUT2D eigenvalue weighted by Crippen LogP contribution is 2.36. The summed E-state index contributed by atoms with van der Waals surface area (Å²) >= 11 is 0. The molecule has 0 aliphatic carbocycles. The van der Waals surface area contributed by atoms with E-state index in [9.17, 15) is 22.0 Å². The van der Waals surface area contributed by atoms with Gasteiger partial charge in [0, 0.05) is 17.0 Å². The summed E-state index contributed by atoms with van der Waals surface area (Å²) in [6.45, 7) is 5.88. The van der Waals surface area contributed by atoms with Gasteiger partial charge in [-0.3, -0.25) is 0 Å². The predicted molar refractivity (Wildman–Crippen MR) is 131 cm³/mol. The van der Waals surface area contributed by atoms with Gasteiger partial charge in [-0.15, -0.1) is 6.58 Å². The molecule has 190 valence electrons. The topological polar surface area (TPSA) is 9.23 Å². The first kappa shape index (κ1) is 26.1. The molecule has 6 heteroatoms. The highest BCUT2D eigenvalue weighted by molar-refractivity contribution is 5.66. The fraction of sp³-hybridized carbons (Fsp3) is 0.333. The van der Waals surface area contributed by atoms with Crippen molar-refractivity contribution in [2.24, 2.45) is 0 Å². The van der Waals surface area contributed by atoms with Crippen LogP contribution in [0, 0.1) is 29.1 Å². The molecule has 2 unspecified atom stereocenters. The molecule has 0 amide bonds. The summed E-state index contributed by atoms with van der Waals surface area (Å²) in [6, 6.07) is 10.2. The monoisotopic (exact) mass is 500 g/mol. The maximum atomic E-state index is 15.0. The van der Waals surface area contributed by atoms with Gasteiger partial charge in [0.05, 0.1) is 12.7 Å². The van der Waals surface area contributed by atoms with E-state index < -0.39 is 23.3 Å². The Kier molecular flexibility index (Phi) is 8.24. The van der Waals surface area contributed by atoms with Crippen LogP contribution in [0.15, 0.2) is 55.1 Å². The third-order valence-corrected chi connectivity index (χ3v) is 6.90. The second-order valence-corrected chi connectivity index (χ2v) is 9.29. The van der Waals surface area contributed by atoms with Crippen molar-refractivity contribution in [2.45, 2.75) is 57.5 Å². The van der Waals surface area contributed by atoms with Crippen LogP contribution in [-0.4, -0.2) is 12.7 Å². The molecule has 0 saturated carbocycles. The molecule has 1 heterocycles. The standard InChI is InChI=1S/C30H29F5O/c1-3-5-19-8-6-18(16-26(19)31)7-9-20-11-13-24(29(34)27(20)32)25-15-14-23(28(33)30(25)35)21-10-12-22(4-2)36-17-21/h4,6,8,11,13-16,21-22H,2-3,5,7,9-10,12,17H2,1H3. The lowest BCUT2D eigenvalue weighted by atomic mass is 9.89. The van der Waals surface area contributed by atoms with Gasteiger partial charge in [-0.25, -0.2) is 22.0 Å². The zero-order chi connectivity index (χ0) is 25.8. The van der Waals surface area contributed by atoms with E-state index in [0.29, 0.717) is 36.8 Å². The van der Waals surface area contributed by atoms with Crippen LogP contribution >= 0.6 is 0 Å². The smallest absolute Gasteiger partial charge is 0.167 e. The molecule has 1 saturated heterocycles. The van der Waals surface area contributed by atoms with Crippen molar-refractivity contribution in [1.29, 1.82) is 0 Å². The van der Waals surface area contributed by atoms with Crippen LogP contribution in [0.25, 0.3) is 11.1 Å². The van der Waals surface area contributed by atoms with Gasteiger partial charge < -0.3 is 4.74 Å². The quantitative estimate of drug-likeness (QED) is 0.224. The second-order valence-electron chi connectivity index (χ2n) is 9.29. The number of halogens is 5. The zero-order valence-corrected chi connectivity index (χ0v) is 20.2. The first-order valence-electron chi connectivity index (χ1n) is 12.3. The normalized spacial score (nSPS) is 17.8. The number of benzene rings is 3. The van der Waals surface area contributed by atoms with E-state index in [1.54, 1.807) is 18.2 Å². The van der Waals surface area contributed by atoms with E-state index in [1.807, 2.05) is 6.92 Å². The Labute approximate surface area is 208 Å².